The van der Waals surface area contributed by atoms with Gasteiger partial charge in [-0.2, -0.15) is 0 Å². The molecule has 2 N–H and O–H groups in total. The minimum atomic E-state index is 0.0533. The zero-order chi connectivity index (χ0) is 14.5. The first-order chi connectivity index (χ1) is 9.60. The van der Waals surface area contributed by atoms with Gasteiger partial charge in [0.15, 0.2) is 0 Å². The topological polar surface area (TPSA) is 41.1 Å². The van der Waals surface area contributed by atoms with Crippen molar-refractivity contribution in [3.8, 4) is 0 Å². The average Bonchev–Trinajstić information content (AvgIpc) is 2.63. The predicted octanol–water partition coefficient (Wildman–Crippen LogP) is 3.74. The van der Waals surface area contributed by atoms with Gasteiger partial charge >= 0.3 is 0 Å². The van der Waals surface area contributed by atoms with Crippen LogP contribution >= 0.6 is 0 Å². The summed E-state index contributed by atoms with van der Waals surface area (Å²) in [5.41, 5.74) is 2.77. The molecule has 3 heteroatoms. The molecule has 0 saturated heterocycles. The van der Waals surface area contributed by atoms with E-state index in [9.17, 15) is 4.79 Å². The minimum Gasteiger partial charge on any atom is -0.387 e. The van der Waals surface area contributed by atoms with Crippen LogP contribution in [0.4, 0.5) is 5.69 Å². The van der Waals surface area contributed by atoms with Crippen LogP contribution in [0.3, 0.4) is 0 Å². The summed E-state index contributed by atoms with van der Waals surface area (Å²) in [5, 5.41) is 6.32. The maximum Gasteiger partial charge on any atom is 0.253 e. The lowest BCUT2D eigenvalue weighted by molar-refractivity contribution is 0.0934. The van der Waals surface area contributed by atoms with Crippen molar-refractivity contribution in [2.24, 2.45) is 5.92 Å². The van der Waals surface area contributed by atoms with E-state index in [2.05, 4.69) is 17.6 Å². The van der Waals surface area contributed by atoms with E-state index < -0.39 is 0 Å². The number of hydrogen-bond donors (Lipinski definition) is 2. The van der Waals surface area contributed by atoms with Crippen LogP contribution in [0.2, 0.25) is 0 Å². The van der Waals surface area contributed by atoms with Gasteiger partial charge in [0, 0.05) is 18.8 Å². The Bertz CT molecular complexity index is 470. The lowest BCUT2D eigenvalue weighted by Gasteiger charge is -2.18. The molecule has 0 aromatic heterocycles. The van der Waals surface area contributed by atoms with Crippen LogP contribution in [-0.2, 0) is 0 Å². The van der Waals surface area contributed by atoms with E-state index in [4.69, 9.17) is 0 Å². The van der Waals surface area contributed by atoms with Crippen LogP contribution in [0, 0.1) is 12.8 Å². The molecule has 1 aliphatic carbocycles. The van der Waals surface area contributed by atoms with Gasteiger partial charge in [0.05, 0.1) is 5.56 Å². The van der Waals surface area contributed by atoms with Gasteiger partial charge in [-0.3, -0.25) is 4.79 Å². The summed E-state index contributed by atoms with van der Waals surface area (Å²) in [6.45, 7) is 4.33. The number of carbonyl (C=O) groups is 1. The second-order valence-electron chi connectivity index (χ2n) is 6.08. The monoisotopic (exact) mass is 274 g/mol. The van der Waals surface area contributed by atoms with Crippen LogP contribution in [-0.4, -0.2) is 19.0 Å². The van der Waals surface area contributed by atoms with Crippen LogP contribution in [0.25, 0.3) is 0 Å². The molecule has 1 aromatic rings. The third-order valence-corrected chi connectivity index (χ3v) is 4.28. The molecule has 0 spiro atoms. The number of benzene rings is 1. The Hall–Kier alpha value is -1.51. The van der Waals surface area contributed by atoms with Crippen LogP contribution in [0.15, 0.2) is 18.2 Å². The summed E-state index contributed by atoms with van der Waals surface area (Å²) in [4.78, 5) is 12.5. The summed E-state index contributed by atoms with van der Waals surface area (Å²) < 4.78 is 0. The Balaban J connectivity index is 2.06. The van der Waals surface area contributed by atoms with Crippen molar-refractivity contribution in [2.75, 3.05) is 12.4 Å². The maximum absolute atomic E-state index is 12.5. The molecule has 1 amide bonds. The van der Waals surface area contributed by atoms with E-state index in [1.54, 1.807) is 0 Å². The zero-order valence-corrected chi connectivity index (χ0v) is 12.8. The van der Waals surface area contributed by atoms with Gasteiger partial charge in [-0.05, 0) is 44.2 Å². The molecule has 0 heterocycles. The molecular formula is C17H26N2O. The molecule has 2 unspecified atom stereocenters. The highest BCUT2D eigenvalue weighted by Crippen LogP contribution is 2.23. The Morgan fingerprint density at radius 1 is 1.20 bits per heavy atom. The Morgan fingerprint density at radius 3 is 2.75 bits per heavy atom. The Morgan fingerprint density at radius 2 is 2.00 bits per heavy atom. The number of amides is 1. The van der Waals surface area contributed by atoms with Crippen molar-refractivity contribution in [3.63, 3.8) is 0 Å². The van der Waals surface area contributed by atoms with Crippen molar-refractivity contribution < 1.29 is 4.79 Å². The van der Waals surface area contributed by atoms with E-state index in [0.29, 0.717) is 6.04 Å². The van der Waals surface area contributed by atoms with Crippen LogP contribution in [0.5, 0.6) is 0 Å². The van der Waals surface area contributed by atoms with Gasteiger partial charge in [0.2, 0.25) is 0 Å². The first-order valence-corrected chi connectivity index (χ1v) is 7.69. The molecule has 0 bridgehead atoms. The Kier molecular flexibility index (Phi) is 5.05. The molecule has 2 rings (SSSR count). The highest BCUT2D eigenvalue weighted by atomic mass is 16.1. The molecule has 1 saturated carbocycles. The molecule has 1 fully saturated rings. The third kappa shape index (κ3) is 3.75. The number of anilines is 1. The maximum atomic E-state index is 12.5. The SMILES string of the molecule is CNc1ccc(C)cc1C(=O)NC1CCCC(C)CC1. The second-order valence-corrected chi connectivity index (χ2v) is 6.08. The molecule has 0 radical (unpaired) electrons. The number of rotatable bonds is 3. The molecule has 110 valence electrons. The standard InChI is InChI=1S/C17H26N2O/c1-12-5-4-6-14(9-7-12)19-17(20)15-11-13(2)8-10-16(15)18-3/h8,10-12,14,18H,4-7,9H2,1-3H3,(H,19,20). The lowest BCUT2D eigenvalue weighted by Crippen LogP contribution is -2.34. The van der Waals surface area contributed by atoms with Crippen LogP contribution in [0.1, 0.15) is 54.9 Å². The normalized spacial score (nSPS) is 22.9. The first-order valence-electron chi connectivity index (χ1n) is 7.69. The minimum absolute atomic E-state index is 0.0533. The summed E-state index contributed by atoms with van der Waals surface area (Å²) in [6, 6.07) is 6.29. The summed E-state index contributed by atoms with van der Waals surface area (Å²) in [7, 11) is 1.86. The van der Waals surface area contributed by atoms with E-state index >= 15 is 0 Å². The van der Waals surface area contributed by atoms with Gasteiger partial charge in [-0.25, -0.2) is 0 Å². The molecule has 0 aliphatic heterocycles. The fourth-order valence-corrected chi connectivity index (χ4v) is 2.96. The highest BCUT2D eigenvalue weighted by molar-refractivity contribution is 6.00. The molecule has 3 nitrogen and oxygen atoms in total. The van der Waals surface area contributed by atoms with Crippen molar-refractivity contribution in [1.29, 1.82) is 0 Å². The molecule has 20 heavy (non-hydrogen) atoms. The average molecular weight is 274 g/mol. The fourth-order valence-electron chi connectivity index (χ4n) is 2.96. The number of aryl methyl sites for hydroxylation is 1. The van der Waals surface area contributed by atoms with E-state index in [0.717, 1.165) is 35.6 Å². The quantitative estimate of drug-likeness (QED) is 0.824. The summed E-state index contributed by atoms with van der Waals surface area (Å²) in [5.74, 6) is 0.848. The predicted molar refractivity (Wildman–Crippen MR) is 84.2 cm³/mol. The van der Waals surface area contributed by atoms with E-state index in [1.807, 2.05) is 32.2 Å². The molecule has 1 aromatic carbocycles. The van der Waals surface area contributed by atoms with Crippen LogP contribution < -0.4 is 10.6 Å². The van der Waals surface area contributed by atoms with Gasteiger partial charge < -0.3 is 10.6 Å². The number of hydrogen-bond acceptors (Lipinski definition) is 2. The fraction of sp³-hybridized carbons (Fsp3) is 0.588. The van der Waals surface area contributed by atoms with E-state index in [1.165, 1.54) is 19.3 Å². The largest absolute Gasteiger partial charge is 0.387 e. The second kappa shape index (κ2) is 6.78. The van der Waals surface area contributed by atoms with Gasteiger partial charge in [0.1, 0.15) is 0 Å². The van der Waals surface area contributed by atoms with Gasteiger partial charge in [-0.1, -0.05) is 31.4 Å². The van der Waals surface area contributed by atoms with Crippen molar-refractivity contribution in [2.45, 2.75) is 52.0 Å². The Labute approximate surface area is 122 Å². The molecule has 1 aliphatic rings. The van der Waals surface area contributed by atoms with Crippen molar-refractivity contribution in [3.05, 3.63) is 29.3 Å². The number of nitrogens with one attached hydrogen (secondary N) is 2. The molecule has 2 atom stereocenters. The lowest BCUT2D eigenvalue weighted by atomic mass is 10.0. The number of carbonyl (C=O) groups excluding carboxylic acids is 1. The highest BCUT2D eigenvalue weighted by Gasteiger charge is 2.19. The zero-order valence-electron chi connectivity index (χ0n) is 12.8. The first kappa shape index (κ1) is 14.9. The van der Waals surface area contributed by atoms with E-state index in [-0.39, 0.29) is 5.91 Å². The van der Waals surface area contributed by atoms with Crippen molar-refractivity contribution in [1.82, 2.24) is 5.32 Å². The summed E-state index contributed by atoms with van der Waals surface area (Å²) in [6.07, 6.45) is 5.94. The van der Waals surface area contributed by atoms with Gasteiger partial charge in [-0.15, -0.1) is 0 Å². The van der Waals surface area contributed by atoms with Gasteiger partial charge in [0.25, 0.3) is 5.91 Å². The third-order valence-electron chi connectivity index (χ3n) is 4.28. The summed E-state index contributed by atoms with van der Waals surface area (Å²) >= 11 is 0. The molecular weight excluding hydrogens is 248 g/mol. The van der Waals surface area contributed by atoms with Crippen molar-refractivity contribution >= 4 is 11.6 Å². The smallest absolute Gasteiger partial charge is 0.253 e.